The van der Waals surface area contributed by atoms with Crippen molar-refractivity contribution in [3.05, 3.63) is 11.6 Å². The largest absolute Gasteiger partial charge is 0.479 e. The highest BCUT2D eigenvalue weighted by Gasteiger charge is 2.68. The summed E-state index contributed by atoms with van der Waals surface area (Å²) in [6.45, 7) is 3.12. The third kappa shape index (κ3) is 3.72. The number of carbonyl (C=O) groups excluding carboxylic acids is 2. The molecule has 3 saturated carbocycles. The summed E-state index contributed by atoms with van der Waals surface area (Å²) < 4.78 is 36.7. The Balaban J connectivity index is 1.51. The van der Waals surface area contributed by atoms with E-state index in [1.54, 1.807) is 6.08 Å². The summed E-state index contributed by atoms with van der Waals surface area (Å²) in [5, 5.41) is 40.6. The number of hydrogen-bond donors (Lipinski definition) is 4. The minimum Gasteiger partial charge on any atom is -0.479 e. The maximum absolute atomic E-state index is 13.5. The number of carboxylic acids is 1. The zero-order valence-electron chi connectivity index (χ0n) is 24.6. The lowest BCUT2D eigenvalue weighted by Crippen LogP contribution is -2.65. The molecule has 0 unspecified atom stereocenters. The summed E-state index contributed by atoms with van der Waals surface area (Å²) in [6, 6.07) is 0. The predicted molar refractivity (Wildman–Crippen MR) is 130 cm³/mol. The molecule has 12 atom stereocenters. The van der Waals surface area contributed by atoms with Gasteiger partial charge in [-0.2, -0.15) is 0 Å². The zero-order chi connectivity index (χ0) is 29.6. The van der Waals surface area contributed by atoms with Gasteiger partial charge in [0, 0.05) is 15.9 Å². The first kappa shape index (κ1) is 23.3. The molecule has 4 fully saturated rings. The van der Waals surface area contributed by atoms with Gasteiger partial charge >= 0.3 is 5.97 Å². The summed E-state index contributed by atoms with van der Waals surface area (Å²) in [7, 11) is 0. The molecule has 1 heterocycles. The summed E-state index contributed by atoms with van der Waals surface area (Å²) in [4.78, 5) is 37.5. The van der Waals surface area contributed by atoms with Gasteiger partial charge in [-0.05, 0) is 80.6 Å². The van der Waals surface area contributed by atoms with Crippen LogP contribution in [0.2, 0.25) is 0 Å². The molecule has 5 rings (SSSR count). The van der Waals surface area contributed by atoms with Crippen LogP contribution in [0.3, 0.4) is 0 Å². The van der Waals surface area contributed by atoms with Crippen LogP contribution in [0.15, 0.2) is 11.6 Å². The standard InChI is InChI=1S/C28H40O9/c1-13-11-16-17(26(3)8-5-15(30)12-19(13)26)6-9-27(4)18(16)7-10-28(27,14(2)29)37-25-22(33)20(31)21(32)23(36-25)24(34)35/h12-13,16-18,20-23,25,31-33H,5-11H2,1-4H3,(H,34,35)/t13-,16-,17+,18+,20+,21+,22-,23+,25+,26-,27+,28+/m1/s1/i1D3. The number of allylic oxidation sites excluding steroid dienone is 1. The first-order valence-electron chi connectivity index (χ1n) is 14.8. The zero-order valence-corrected chi connectivity index (χ0v) is 21.6. The number of ether oxygens (including phenoxy) is 2. The fourth-order valence-corrected chi connectivity index (χ4v) is 8.84. The monoisotopic (exact) mass is 523 g/mol. The number of carbonyl (C=O) groups is 3. The van der Waals surface area contributed by atoms with Crippen molar-refractivity contribution in [2.75, 3.05) is 0 Å². The quantitative estimate of drug-likeness (QED) is 0.434. The van der Waals surface area contributed by atoms with Crippen LogP contribution < -0.4 is 0 Å². The second kappa shape index (κ2) is 8.95. The SMILES string of the molecule is [2H]C([2H])([2H])[C@@H]1C[C@@H]2[C@H](CC[C@@]3(C)[C@H]2CC[C@]3(O[C@@H]2O[C@H](C(=O)O)[C@@H](O)[C@H](O)[C@H]2O)C(C)=O)[C@@]2(C)CCC(=O)C=C12. The molecule has 206 valence electrons. The molecular formula is C28H40O9. The van der Waals surface area contributed by atoms with Crippen molar-refractivity contribution < 1.29 is 48.4 Å². The molecule has 5 aliphatic rings. The van der Waals surface area contributed by atoms with Crippen molar-refractivity contribution in [3.63, 3.8) is 0 Å². The number of rotatable bonds is 4. The molecule has 0 bridgehead atoms. The molecule has 0 aromatic heterocycles. The van der Waals surface area contributed by atoms with Crippen LogP contribution in [-0.4, -0.2) is 74.3 Å². The van der Waals surface area contributed by atoms with Crippen molar-refractivity contribution in [1.82, 2.24) is 0 Å². The second-order valence-electron chi connectivity index (χ2n) is 12.4. The predicted octanol–water partition coefficient (Wildman–Crippen LogP) is 2.00. The Hall–Kier alpha value is -1.65. The van der Waals surface area contributed by atoms with E-state index in [1.165, 1.54) is 6.92 Å². The second-order valence-corrected chi connectivity index (χ2v) is 12.4. The number of fused-ring (bicyclic) bond motifs is 5. The molecule has 4 N–H and O–H groups in total. The van der Waals surface area contributed by atoms with E-state index in [0.717, 1.165) is 5.57 Å². The minimum absolute atomic E-state index is 0.0382. The van der Waals surface area contributed by atoms with Gasteiger partial charge in [-0.25, -0.2) is 4.79 Å². The number of aliphatic carboxylic acids is 1. The van der Waals surface area contributed by atoms with E-state index in [0.29, 0.717) is 38.5 Å². The Morgan fingerprint density at radius 1 is 1.08 bits per heavy atom. The van der Waals surface area contributed by atoms with Gasteiger partial charge in [0.1, 0.15) is 23.9 Å². The van der Waals surface area contributed by atoms with Gasteiger partial charge in [-0.1, -0.05) is 26.3 Å². The van der Waals surface area contributed by atoms with E-state index in [4.69, 9.17) is 13.6 Å². The third-order valence-electron chi connectivity index (χ3n) is 10.8. The van der Waals surface area contributed by atoms with E-state index in [-0.39, 0.29) is 35.7 Å². The maximum atomic E-state index is 13.5. The number of Topliss-reactive ketones (excluding diaryl/α,β-unsaturated/α-hetero) is 1. The smallest absolute Gasteiger partial charge is 0.335 e. The highest BCUT2D eigenvalue weighted by atomic mass is 16.7. The average Bonchev–Trinajstić information content (AvgIpc) is 3.16. The first-order chi connectivity index (χ1) is 18.5. The number of carboxylic acid groups (broad SMARTS) is 1. The molecule has 1 aliphatic heterocycles. The summed E-state index contributed by atoms with van der Waals surface area (Å²) in [5.74, 6) is -2.71. The van der Waals surface area contributed by atoms with Gasteiger partial charge in [0.25, 0.3) is 0 Å². The molecule has 0 aromatic carbocycles. The maximum Gasteiger partial charge on any atom is 0.335 e. The van der Waals surface area contributed by atoms with Gasteiger partial charge in [0.15, 0.2) is 24.0 Å². The lowest BCUT2D eigenvalue weighted by molar-refractivity contribution is -0.327. The molecule has 4 aliphatic carbocycles. The number of hydrogen-bond acceptors (Lipinski definition) is 8. The van der Waals surface area contributed by atoms with Crippen molar-refractivity contribution in [2.45, 2.75) is 109 Å². The van der Waals surface area contributed by atoms with Crippen molar-refractivity contribution >= 4 is 17.5 Å². The Kier molecular flexibility index (Phi) is 5.62. The minimum atomic E-state index is -2.29. The van der Waals surface area contributed by atoms with Gasteiger partial charge in [-0.15, -0.1) is 0 Å². The van der Waals surface area contributed by atoms with Crippen LogP contribution in [0, 0.1) is 34.5 Å². The molecule has 0 radical (unpaired) electrons. The van der Waals surface area contributed by atoms with E-state index in [1.807, 2.05) is 6.92 Å². The molecular weight excluding hydrogens is 480 g/mol. The Bertz CT molecular complexity index is 1120. The van der Waals surface area contributed by atoms with Crippen molar-refractivity contribution in [2.24, 2.45) is 34.5 Å². The molecule has 0 aromatic rings. The fourth-order valence-electron chi connectivity index (χ4n) is 8.84. The molecule has 0 spiro atoms. The van der Waals surface area contributed by atoms with Gasteiger partial charge < -0.3 is 29.9 Å². The van der Waals surface area contributed by atoms with E-state index in [9.17, 15) is 34.8 Å². The molecule has 9 nitrogen and oxygen atoms in total. The molecule has 9 heteroatoms. The average molecular weight is 524 g/mol. The van der Waals surface area contributed by atoms with Crippen molar-refractivity contribution in [1.29, 1.82) is 0 Å². The van der Waals surface area contributed by atoms with Crippen LogP contribution in [0.1, 0.15) is 76.7 Å². The van der Waals surface area contributed by atoms with E-state index in [2.05, 4.69) is 6.92 Å². The summed E-state index contributed by atoms with van der Waals surface area (Å²) in [5.41, 5.74) is -1.98. The number of aliphatic hydroxyl groups is 3. The summed E-state index contributed by atoms with van der Waals surface area (Å²) >= 11 is 0. The molecule has 1 saturated heterocycles. The highest BCUT2D eigenvalue weighted by molar-refractivity contribution is 5.91. The van der Waals surface area contributed by atoms with E-state index >= 15 is 0 Å². The molecule has 37 heavy (non-hydrogen) atoms. The van der Waals surface area contributed by atoms with Crippen LogP contribution in [0.4, 0.5) is 0 Å². The fraction of sp³-hybridized carbons (Fsp3) is 0.821. The van der Waals surface area contributed by atoms with Crippen LogP contribution in [0.5, 0.6) is 0 Å². The Morgan fingerprint density at radius 3 is 2.43 bits per heavy atom. The van der Waals surface area contributed by atoms with Crippen molar-refractivity contribution in [3.8, 4) is 0 Å². The topological polar surface area (TPSA) is 151 Å². The Labute approximate surface area is 221 Å². The van der Waals surface area contributed by atoms with Crippen LogP contribution in [-0.2, 0) is 23.9 Å². The van der Waals surface area contributed by atoms with E-state index < -0.39 is 65.9 Å². The lowest BCUT2D eigenvalue weighted by Gasteiger charge is -2.61. The molecule has 0 amide bonds. The highest BCUT2D eigenvalue weighted by Crippen LogP contribution is 2.69. The van der Waals surface area contributed by atoms with Crippen LogP contribution in [0.25, 0.3) is 0 Å². The Morgan fingerprint density at radius 2 is 1.78 bits per heavy atom. The van der Waals surface area contributed by atoms with Crippen LogP contribution >= 0.6 is 0 Å². The van der Waals surface area contributed by atoms with Gasteiger partial charge in [0.2, 0.25) is 0 Å². The summed E-state index contributed by atoms with van der Waals surface area (Å²) in [6.07, 6.45) is -4.13. The third-order valence-corrected chi connectivity index (χ3v) is 10.8. The van der Waals surface area contributed by atoms with Gasteiger partial charge in [0.05, 0.1) is 0 Å². The normalized spacial score (nSPS) is 53.0. The van der Waals surface area contributed by atoms with Gasteiger partial charge in [-0.3, -0.25) is 9.59 Å². The lowest BCUT2D eigenvalue weighted by atomic mass is 9.44. The number of aliphatic hydroxyl groups excluding tert-OH is 3. The first-order valence-corrected chi connectivity index (χ1v) is 13.3. The number of ketones is 2.